The van der Waals surface area contributed by atoms with Crippen LogP contribution in [0.5, 0.6) is 0 Å². The van der Waals surface area contributed by atoms with E-state index in [9.17, 15) is 13.2 Å². The summed E-state index contributed by atoms with van der Waals surface area (Å²) in [5.74, 6) is 0. The van der Waals surface area contributed by atoms with Gasteiger partial charge in [0, 0.05) is 64.2 Å². The van der Waals surface area contributed by atoms with Crippen LogP contribution in [0.4, 0.5) is 21.9 Å². The van der Waals surface area contributed by atoms with E-state index in [-0.39, 0.29) is 6.09 Å². The second-order valence-electron chi connectivity index (χ2n) is 11.6. The van der Waals surface area contributed by atoms with Gasteiger partial charge in [0.25, 0.3) is 0 Å². The third-order valence-electron chi connectivity index (χ3n) is 7.35. The van der Waals surface area contributed by atoms with Crippen molar-refractivity contribution >= 4 is 34.0 Å². The molecule has 11 heteroatoms. The minimum absolute atomic E-state index is 0.301. The molecule has 1 aromatic heterocycles. The molecule has 1 saturated heterocycles. The van der Waals surface area contributed by atoms with Crippen LogP contribution >= 0.6 is 0 Å². The quantitative estimate of drug-likeness (QED) is 0.362. The molecule has 1 aromatic carbocycles. The number of nitrogens with zero attached hydrogens (tertiary/aromatic N) is 4. The van der Waals surface area contributed by atoms with Gasteiger partial charge in [0.2, 0.25) is 10.9 Å². The first-order valence-electron chi connectivity index (χ1n) is 14.3. The molecule has 0 spiro atoms. The fraction of sp³-hybridized carbons (Fsp3) is 0.586. The topological polar surface area (TPSA) is 107 Å². The number of ether oxygens (including phenoxy) is 1. The molecule has 2 aliphatic rings. The average Bonchev–Trinajstić information content (AvgIpc) is 2.93. The molecule has 220 valence electrons. The summed E-state index contributed by atoms with van der Waals surface area (Å²) >= 11 is 0. The minimum atomic E-state index is -2.83. The van der Waals surface area contributed by atoms with Crippen molar-refractivity contribution in [1.82, 2.24) is 14.8 Å². The van der Waals surface area contributed by atoms with E-state index in [1.165, 1.54) is 23.6 Å². The van der Waals surface area contributed by atoms with E-state index in [2.05, 4.69) is 20.5 Å². The Balaban J connectivity index is 1.41. The summed E-state index contributed by atoms with van der Waals surface area (Å²) in [5, 5.41) is 7.21. The molecule has 1 aliphatic heterocycles. The molecule has 2 fully saturated rings. The number of thiol groups is 1. The molecule has 40 heavy (non-hydrogen) atoms. The minimum Gasteiger partial charge on any atom is -0.444 e. The Labute approximate surface area is 240 Å². The van der Waals surface area contributed by atoms with Crippen LogP contribution in [0.25, 0.3) is 0 Å². The number of carbonyl (C=O) groups is 1. The van der Waals surface area contributed by atoms with E-state index >= 15 is 0 Å². The zero-order chi connectivity index (χ0) is 28.5. The van der Waals surface area contributed by atoms with Gasteiger partial charge in [-0.3, -0.25) is 14.2 Å². The predicted molar refractivity (Wildman–Crippen MR) is 160 cm³/mol. The summed E-state index contributed by atoms with van der Waals surface area (Å²) in [6, 6.07) is 10.2. The average molecular weight is 573 g/mol. The molecule has 2 aromatic rings. The maximum atomic E-state index is 12.4. The summed E-state index contributed by atoms with van der Waals surface area (Å²) in [6.45, 7) is 9.56. The van der Waals surface area contributed by atoms with Crippen LogP contribution in [0.2, 0.25) is 0 Å². The first-order valence-corrected chi connectivity index (χ1v) is 15.5. The lowest BCUT2D eigenvalue weighted by molar-refractivity contribution is 0.0148. The largest absolute Gasteiger partial charge is 0.444 e. The van der Waals surface area contributed by atoms with Crippen molar-refractivity contribution < 1.29 is 17.9 Å². The lowest BCUT2D eigenvalue weighted by Gasteiger charge is -2.36. The van der Waals surface area contributed by atoms with Crippen molar-refractivity contribution in [2.45, 2.75) is 71.1 Å². The molecule has 1 saturated carbocycles. The molecule has 10 nitrogen and oxygen atoms in total. The summed E-state index contributed by atoms with van der Waals surface area (Å²) < 4.78 is 31.7. The molecule has 0 atom stereocenters. The highest BCUT2D eigenvalue weighted by molar-refractivity contribution is 7.74. The fourth-order valence-electron chi connectivity index (χ4n) is 5.15. The van der Waals surface area contributed by atoms with E-state index < -0.39 is 16.5 Å². The maximum Gasteiger partial charge on any atom is 0.410 e. The molecule has 1 amide bonds. The maximum absolute atomic E-state index is 12.4. The monoisotopic (exact) mass is 572 g/mol. The van der Waals surface area contributed by atoms with Gasteiger partial charge in [0.05, 0.1) is 17.1 Å². The van der Waals surface area contributed by atoms with Crippen molar-refractivity contribution in [3.8, 4) is 0 Å². The lowest BCUT2D eigenvalue weighted by Crippen LogP contribution is -2.51. The summed E-state index contributed by atoms with van der Waals surface area (Å²) in [4.78, 5) is 20.4. The fourth-order valence-corrected chi connectivity index (χ4v) is 5.72. The second kappa shape index (κ2) is 14.0. The van der Waals surface area contributed by atoms with Crippen molar-refractivity contribution in [3.05, 3.63) is 48.3 Å². The van der Waals surface area contributed by atoms with Gasteiger partial charge in [0.1, 0.15) is 5.60 Å². The number of hydrogen-bond acceptors (Lipinski definition) is 8. The molecule has 2 heterocycles. The third-order valence-corrected chi connectivity index (χ3v) is 8.17. The molecular weight excluding hydrogens is 528 g/mol. The Morgan fingerprint density at radius 1 is 1.02 bits per heavy atom. The van der Waals surface area contributed by atoms with E-state index in [1.807, 2.05) is 51.1 Å². The number of rotatable bonds is 10. The van der Waals surface area contributed by atoms with Crippen LogP contribution < -0.4 is 14.9 Å². The van der Waals surface area contributed by atoms with Crippen molar-refractivity contribution in [2.24, 2.45) is 0 Å². The SMILES string of the molecule is CC(C)(C)OC(=O)N1CCN(CCN(c2ccc(NC3CCCCC3)c(NCc3ccncc3)c2)[SH](=O)=O)CC1. The van der Waals surface area contributed by atoms with Gasteiger partial charge < -0.3 is 20.3 Å². The van der Waals surface area contributed by atoms with Crippen LogP contribution in [0.1, 0.15) is 58.4 Å². The molecular formula is C29H44N6O4S. The van der Waals surface area contributed by atoms with Gasteiger partial charge in [-0.2, -0.15) is 0 Å². The van der Waals surface area contributed by atoms with Gasteiger partial charge in [-0.15, -0.1) is 0 Å². The number of piperazine rings is 1. The Bertz CT molecular complexity index is 1160. The number of amides is 1. The number of hydrogen-bond donors (Lipinski definition) is 3. The number of benzene rings is 1. The first kappa shape index (κ1) is 29.9. The van der Waals surface area contributed by atoms with Crippen molar-refractivity contribution in [1.29, 1.82) is 0 Å². The first-order chi connectivity index (χ1) is 19.2. The molecule has 0 bridgehead atoms. The number of pyridine rings is 1. The normalized spacial score (nSPS) is 17.1. The number of carbonyl (C=O) groups excluding carboxylic acids is 1. The second-order valence-corrected chi connectivity index (χ2v) is 12.5. The van der Waals surface area contributed by atoms with Crippen molar-refractivity contribution in [2.75, 3.05) is 54.2 Å². The molecule has 0 unspecified atom stereocenters. The van der Waals surface area contributed by atoms with E-state index in [0.29, 0.717) is 57.5 Å². The van der Waals surface area contributed by atoms with Crippen LogP contribution in [-0.4, -0.2) is 80.2 Å². The van der Waals surface area contributed by atoms with Crippen LogP contribution in [0.15, 0.2) is 42.7 Å². The third kappa shape index (κ3) is 8.99. The molecule has 0 radical (unpaired) electrons. The standard InChI is InChI=1S/C29H44N6O4S/c1-29(2,3)39-28(36)34-18-15-33(16-19-34)17-20-35(40(37)38)25-9-10-26(32-24-7-5-4-6-8-24)27(21-25)31-22-23-11-13-30-14-12-23/h9-14,21,24,31-32,40H,4-8,15-20,22H2,1-3H3. The number of aromatic nitrogens is 1. The number of nitrogens with one attached hydrogen (secondary N) is 2. The van der Waals surface area contributed by atoms with Gasteiger partial charge in [-0.25, -0.2) is 13.2 Å². The number of anilines is 3. The highest BCUT2D eigenvalue weighted by Gasteiger charge is 2.26. The summed E-state index contributed by atoms with van der Waals surface area (Å²) in [6.07, 6.45) is 9.27. The van der Waals surface area contributed by atoms with Gasteiger partial charge in [-0.05, 0) is 69.5 Å². The lowest BCUT2D eigenvalue weighted by atomic mass is 9.95. The Morgan fingerprint density at radius 3 is 2.38 bits per heavy atom. The highest BCUT2D eigenvalue weighted by atomic mass is 32.2. The van der Waals surface area contributed by atoms with Crippen LogP contribution in [0.3, 0.4) is 0 Å². The smallest absolute Gasteiger partial charge is 0.410 e. The zero-order valence-electron chi connectivity index (χ0n) is 24.0. The van der Waals surface area contributed by atoms with Gasteiger partial charge in [0.15, 0.2) is 0 Å². The van der Waals surface area contributed by atoms with Crippen LogP contribution in [-0.2, 0) is 22.2 Å². The Hall–Kier alpha value is -3.05. The van der Waals surface area contributed by atoms with E-state index in [4.69, 9.17) is 4.74 Å². The molecule has 4 rings (SSSR count). The summed E-state index contributed by atoms with van der Waals surface area (Å²) in [5.41, 5.74) is 3.08. The predicted octanol–water partition coefficient (Wildman–Crippen LogP) is 4.32. The Kier molecular flexibility index (Phi) is 10.5. The molecule has 2 N–H and O–H groups in total. The van der Waals surface area contributed by atoms with E-state index in [1.54, 1.807) is 17.3 Å². The van der Waals surface area contributed by atoms with Crippen molar-refractivity contribution in [3.63, 3.8) is 0 Å². The molecule has 1 aliphatic carbocycles. The Morgan fingerprint density at radius 2 is 1.73 bits per heavy atom. The zero-order valence-corrected chi connectivity index (χ0v) is 24.9. The van der Waals surface area contributed by atoms with Gasteiger partial charge in [-0.1, -0.05) is 19.3 Å². The van der Waals surface area contributed by atoms with Crippen LogP contribution in [0, 0.1) is 0 Å². The van der Waals surface area contributed by atoms with Gasteiger partial charge >= 0.3 is 6.09 Å². The highest BCUT2D eigenvalue weighted by Crippen LogP contribution is 2.31. The summed E-state index contributed by atoms with van der Waals surface area (Å²) in [7, 11) is -2.83. The van der Waals surface area contributed by atoms with E-state index in [0.717, 1.165) is 29.8 Å².